The van der Waals surface area contributed by atoms with Crippen LogP contribution in [0.25, 0.3) is 0 Å². The van der Waals surface area contributed by atoms with Gasteiger partial charge >= 0.3 is 5.97 Å². The molecular formula is C15H27NO13. The van der Waals surface area contributed by atoms with Crippen molar-refractivity contribution >= 4 is 5.97 Å². The molecule has 2 rings (SSSR count). The normalized spacial score (nSPS) is 44.4. The maximum Gasteiger partial charge on any atom is 0.322 e. The summed E-state index contributed by atoms with van der Waals surface area (Å²) in [5.41, 5.74) is 5.29. The van der Waals surface area contributed by atoms with Gasteiger partial charge < -0.3 is 65.5 Å². The van der Waals surface area contributed by atoms with Gasteiger partial charge in [-0.05, 0) is 0 Å². The summed E-state index contributed by atoms with van der Waals surface area (Å²) in [5.74, 6) is -1.36. The third-order valence-corrected chi connectivity index (χ3v) is 4.72. The Hall–Kier alpha value is -1.01. The Labute approximate surface area is 164 Å². The van der Waals surface area contributed by atoms with Crippen LogP contribution in [0.1, 0.15) is 0 Å². The van der Waals surface area contributed by atoms with Gasteiger partial charge in [0.05, 0.1) is 19.8 Å². The molecule has 2 heterocycles. The molecule has 14 heteroatoms. The molecule has 0 aromatic rings. The van der Waals surface area contributed by atoms with Crippen LogP contribution in [0.3, 0.4) is 0 Å². The van der Waals surface area contributed by atoms with E-state index in [9.17, 15) is 40.5 Å². The molecule has 0 aliphatic carbocycles. The molecular weight excluding hydrogens is 402 g/mol. The SMILES string of the molecule is N[C@@H](COC1OC(CO)C(O[C@@H]2OC(CO)C(O)C(O)C2O)C(O)C1O)C(=O)O. The highest BCUT2D eigenvalue weighted by Crippen LogP contribution is 2.29. The predicted molar refractivity (Wildman–Crippen MR) is 88.0 cm³/mol. The zero-order chi connectivity index (χ0) is 21.9. The summed E-state index contributed by atoms with van der Waals surface area (Å²) in [6.45, 7) is -2.00. The van der Waals surface area contributed by atoms with Gasteiger partial charge in [-0.2, -0.15) is 0 Å². The van der Waals surface area contributed by atoms with E-state index in [1.807, 2.05) is 0 Å². The predicted octanol–water partition coefficient (Wildman–Crippen LogP) is -5.96. The van der Waals surface area contributed by atoms with Gasteiger partial charge in [0.2, 0.25) is 0 Å². The van der Waals surface area contributed by atoms with E-state index in [1.165, 1.54) is 0 Å². The molecule has 2 aliphatic heterocycles. The van der Waals surface area contributed by atoms with Gasteiger partial charge in [-0.25, -0.2) is 0 Å². The number of hydrogen-bond donors (Lipinski definition) is 9. The Balaban J connectivity index is 2.06. The third kappa shape index (κ3) is 5.38. The number of aliphatic carboxylic acids is 1. The topological polar surface area (TPSA) is 242 Å². The van der Waals surface area contributed by atoms with E-state index >= 15 is 0 Å². The fourth-order valence-electron chi connectivity index (χ4n) is 2.96. The molecule has 2 fully saturated rings. The quantitative estimate of drug-likeness (QED) is 0.174. The average Bonchev–Trinajstić information content (AvgIpc) is 2.70. The van der Waals surface area contributed by atoms with Crippen molar-refractivity contribution in [2.45, 2.75) is 67.5 Å². The monoisotopic (exact) mass is 429 g/mol. The minimum Gasteiger partial charge on any atom is -0.480 e. The lowest BCUT2D eigenvalue weighted by atomic mass is 9.97. The van der Waals surface area contributed by atoms with Crippen molar-refractivity contribution in [2.24, 2.45) is 5.73 Å². The number of aliphatic hydroxyl groups is 7. The number of rotatable bonds is 8. The van der Waals surface area contributed by atoms with Crippen molar-refractivity contribution in [1.29, 1.82) is 0 Å². The van der Waals surface area contributed by atoms with Crippen LogP contribution in [-0.4, -0.2) is 134 Å². The summed E-state index contributed by atoms with van der Waals surface area (Å²) >= 11 is 0. The highest BCUT2D eigenvalue weighted by molar-refractivity contribution is 5.73. The molecule has 0 bridgehead atoms. The van der Waals surface area contributed by atoms with E-state index < -0.39 is 93.2 Å². The number of aliphatic hydroxyl groups excluding tert-OH is 7. The summed E-state index contributed by atoms with van der Waals surface area (Å²) in [5, 5.41) is 77.6. The summed E-state index contributed by atoms with van der Waals surface area (Å²) in [6, 6.07) is -1.42. The molecule has 2 saturated heterocycles. The van der Waals surface area contributed by atoms with Crippen LogP contribution in [0.15, 0.2) is 0 Å². The standard InChI is InChI=1S/C15H27NO13/c16-4(13(24)25)3-26-14-11(23)9(21)12(6(2-18)28-14)29-15-10(22)8(20)7(19)5(1-17)27-15/h4-12,14-15,17-23H,1-3,16H2,(H,24,25)/t4-,5?,6?,7?,8?,9?,10?,11?,12?,14?,15-/m0/s1. The zero-order valence-corrected chi connectivity index (χ0v) is 15.2. The second kappa shape index (κ2) is 10.3. The first-order chi connectivity index (χ1) is 13.6. The second-order valence-electron chi connectivity index (χ2n) is 6.78. The summed E-state index contributed by atoms with van der Waals surface area (Å²) < 4.78 is 20.9. The van der Waals surface area contributed by atoms with Gasteiger partial charge in [-0.1, -0.05) is 0 Å². The van der Waals surface area contributed by atoms with Crippen LogP contribution in [-0.2, 0) is 23.7 Å². The molecule has 0 spiro atoms. The number of carbonyl (C=O) groups is 1. The van der Waals surface area contributed by atoms with Gasteiger partial charge in [0.25, 0.3) is 0 Å². The van der Waals surface area contributed by atoms with E-state index in [0.717, 1.165) is 0 Å². The van der Waals surface area contributed by atoms with E-state index in [-0.39, 0.29) is 0 Å². The van der Waals surface area contributed by atoms with E-state index in [2.05, 4.69) is 0 Å². The Morgan fingerprint density at radius 2 is 1.41 bits per heavy atom. The summed E-state index contributed by atoms with van der Waals surface area (Å²) in [4.78, 5) is 10.7. The third-order valence-electron chi connectivity index (χ3n) is 4.72. The number of hydrogen-bond acceptors (Lipinski definition) is 13. The van der Waals surface area contributed by atoms with Crippen LogP contribution >= 0.6 is 0 Å². The van der Waals surface area contributed by atoms with Gasteiger partial charge in [-0.15, -0.1) is 0 Å². The molecule has 0 radical (unpaired) electrons. The first-order valence-electron chi connectivity index (χ1n) is 8.80. The van der Waals surface area contributed by atoms with Crippen molar-refractivity contribution < 1.29 is 64.6 Å². The smallest absolute Gasteiger partial charge is 0.322 e. The number of nitrogens with two attached hydrogens (primary N) is 1. The zero-order valence-electron chi connectivity index (χ0n) is 15.2. The van der Waals surface area contributed by atoms with E-state index in [4.69, 9.17) is 29.8 Å². The van der Waals surface area contributed by atoms with Gasteiger partial charge in [0, 0.05) is 0 Å². The Morgan fingerprint density at radius 3 is 1.97 bits per heavy atom. The van der Waals surface area contributed by atoms with E-state index in [1.54, 1.807) is 0 Å². The van der Waals surface area contributed by atoms with Crippen LogP contribution in [0.5, 0.6) is 0 Å². The minimum absolute atomic E-state index is 0.555. The van der Waals surface area contributed by atoms with Gasteiger partial charge in [0.1, 0.15) is 54.9 Å². The Kier molecular flexibility index (Phi) is 8.65. The first kappa shape index (κ1) is 24.3. The number of carboxylic acids is 1. The minimum atomic E-state index is -1.78. The fourth-order valence-corrected chi connectivity index (χ4v) is 2.96. The number of carboxylic acid groups (broad SMARTS) is 1. The highest BCUT2D eigenvalue weighted by Gasteiger charge is 2.50. The van der Waals surface area contributed by atoms with Crippen molar-refractivity contribution in [2.75, 3.05) is 19.8 Å². The van der Waals surface area contributed by atoms with Crippen LogP contribution < -0.4 is 5.73 Å². The molecule has 0 saturated carbocycles. The first-order valence-corrected chi connectivity index (χ1v) is 8.80. The van der Waals surface area contributed by atoms with Crippen molar-refractivity contribution in [3.05, 3.63) is 0 Å². The lowest BCUT2D eigenvalue weighted by molar-refractivity contribution is -0.359. The lowest BCUT2D eigenvalue weighted by Gasteiger charge is -2.46. The van der Waals surface area contributed by atoms with Gasteiger partial charge in [0.15, 0.2) is 12.6 Å². The molecule has 0 aromatic heterocycles. The van der Waals surface area contributed by atoms with Crippen LogP contribution in [0, 0.1) is 0 Å². The molecule has 10 N–H and O–H groups in total. The molecule has 29 heavy (non-hydrogen) atoms. The molecule has 14 nitrogen and oxygen atoms in total. The van der Waals surface area contributed by atoms with Crippen molar-refractivity contribution in [3.63, 3.8) is 0 Å². The summed E-state index contributed by atoms with van der Waals surface area (Å²) in [7, 11) is 0. The molecule has 0 aromatic carbocycles. The second-order valence-corrected chi connectivity index (χ2v) is 6.78. The van der Waals surface area contributed by atoms with Crippen molar-refractivity contribution in [3.8, 4) is 0 Å². The lowest BCUT2D eigenvalue weighted by Crippen LogP contribution is -2.64. The fraction of sp³-hybridized carbons (Fsp3) is 0.933. The van der Waals surface area contributed by atoms with Crippen molar-refractivity contribution in [1.82, 2.24) is 0 Å². The van der Waals surface area contributed by atoms with E-state index in [0.29, 0.717) is 0 Å². The summed E-state index contributed by atoms with van der Waals surface area (Å²) in [6.07, 6.45) is -15.9. The van der Waals surface area contributed by atoms with Gasteiger partial charge in [-0.3, -0.25) is 4.79 Å². The molecule has 0 amide bonds. The Bertz CT molecular complexity index is 534. The molecule has 2 aliphatic rings. The number of ether oxygens (including phenoxy) is 4. The molecule has 11 atom stereocenters. The maximum atomic E-state index is 10.7. The van der Waals surface area contributed by atoms with Crippen LogP contribution in [0.4, 0.5) is 0 Å². The maximum absolute atomic E-state index is 10.7. The van der Waals surface area contributed by atoms with Crippen LogP contribution in [0.2, 0.25) is 0 Å². The largest absolute Gasteiger partial charge is 0.480 e. The highest BCUT2D eigenvalue weighted by atomic mass is 16.7. The molecule has 170 valence electrons. The average molecular weight is 429 g/mol. The molecule has 9 unspecified atom stereocenters. The Morgan fingerprint density at radius 1 is 0.862 bits per heavy atom.